The van der Waals surface area contributed by atoms with Crippen LogP contribution in [0.25, 0.3) is 0 Å². The van der Waals surface area contributed by atoms with E-state index in [-0.39, 0.29) is 24.9 Å². The van der Waals surface area contributed by atoms with Crippen molar-refractivity contribution in [3.63, 3.8) is 0 Å². The van der Waals surface area contributed by atoms with E-state index in [9.17, 15) is 9.18 Å². The van der Waals surface area contributed by atoms with E-state index in [1.807, 2.05) is 11.8 Å². The Morgan fingerprint density at radius 2 is 2.00 bits per heavy atom. The average molecular weight is 414 g/mol. The van der Waals surface area contributed by atoms with Crippen LogP contribution in [0.3, 0.4) is 0 Å². The summed E-state index contributed by atoms with van der Waals surface area (Å²) in [7, 11) is 1.57. The van der Waals surface area contributed by atoms with Gasteiger partial charge in [0.2, 0.25) is 17.6 Å². The Balaban J connectivity index is 1.50. The van der Waals surface area contributed by atoms with Crippen LogP contribution in [0.4, 0.5) is 10.1 Å². The quantitative estimate of drug-likeness (QED) is 0.545. The van der Waals surface area contributed by atoms with Gasteiger partial charge in [-0.1, -0.05) is 18.1 Å². The maximum Gasteiger partial charge on any atom is 0.240 e. The summed E-state index contributed by atoms with van der Waals surface area (Å²) >= 11 is 0. The Bertz CT molecular complexity index is 962. The van der Waals surface area contributed by atoms with Gasteiger partial charge in [0.15, 0.2) is 6.61 Å². The molecule has 0 aliphatic rings. The van der Waals surface area contributed by atoms with E-state index >= 15 is 0 Å². The van der Waals surface area contributed by atoms with Crippen LogP contribution < -0.4 is 14.8 Å². The van der Waals surface area contributed by atoms with E-state index in [4.69, 9.17) is 14.0 Å². The molecule has 0 saturated heterocycles. The standard InChI is InChI=1S/C21H23FN4O4/c1-3-26(12-20(27)23-16-5-4-6-18(11-16)28-2)13-21-24-19(25-30-21)14-29-17-9-7-15(22)8-10-17/h4-11H,3,12-14H2,1-2H3,(H,23,27). The fraction of sp³-hybridized carbons (Fsp3) is 0.286. The van der Waals surface area contributed by atoms with Gasteiger partial charge in [-0.15, -0.1) is 0 Å². The van der Waals surface area contributed by atoms with Crippen molar-refractivity contribution in [3.05, 3.63) is 66.1 Å². The number of likely N-dealkylation sites (N-methyl/N-ethyl adjacent to an activating group) is 1. The van der Waals surface area contributed by atoms with Crippen molar-refractivity contribution in [2.24, 2.45) is 0 Å². The minimum atomic E-state index is -0.334. The molecule has 158 valence electrons. The number of carbonyl (C=O) groups is 1. The second kappa shape index (κ2) is 10.4. The molecule has 0 saturated carbocycles. The molecular formula is C21H23FN4O4. The van der Waals surface area contributed by atoms with Crippen LogP contribution in [0.15, 0.2) is 53.1 Å². The molecule has 0 aliphatic heterocycles. The number of carbonyl (C=O) groups excluding carboxylic acids is 1. The van der Waals surface area contributed by atoms with Crippen LogP contribution in [-0.4, -0.2) is 41.1 Å². The number of amides is 1. The number of hydrogen-bond donors (Lipinski definition) is 1. The molecule has 0 spiro atoms. The summed E-state index contributed by atoms with van der Waals surface area (Å²) < 4.78 is 28.8. The first-order chi connectivity index (χ1) is 14.6. The van der Waals surface area contributed by atoms with Crippen LogP contribution in [0.1, 0.15) is 18.6 Å². The van der Waals surface area contributed by atoms with Crippen LogP contribution >= 0.6 is 0 Å². The van der Waals surface area contributed by atoms with Crippen molar-refractivity contribution in [3.8, 4) is 11.5 Å². The second-order valence-corrected chi connectivity index (χ2v) is 6.43. The van der Waals surface area contributed by atoms with Gasteiger partial charge >= 0.3 is 0 Å². The number of nitrogens with zero attached hydrogens (tertiary/aromatic N) is 3. The molecule has 3 rings (SSSR count). The lowest BCUT2D eigenvalue weighted by atomic mass is 10.3. The third-order valence-corrected chi connectivity index (χ3v) is 4.22. The second-order valence-electron chi connectivity index (χ2n) is 6.43. The topological polar surface area (TPSA) is 89.7 Å². The fourth-order valence-corrected chi connectivity index (χ4v) is 2.67. The number of halogens is 1. The fourth-order valence-electron chi connectivity index (χ4n) is 2.67. The maximum atomic E-state index is 12.9. The number of nitrogens with one attached hydrogen (secondary N) is 1. The molecule has 0 aliphatic carbocycles. The van der Waals surface area contributed by atoms with Crippen molar-refractivity contribution >= 4 is 11.6 Å². The number of anilines is 1. The lowest BCUT2D eigenvalue weighted by Gasteiger charge is -2.17. The molecule has 1 heterocycles. The summed E-state index contributed by atoms with van der Waals surface area (Å²) in [6.07, 6.45) is 0. The van der Waals surface area contributed by atoms with Crippen molar-refractivity contribution < 1.29 is 23.2 Å². The van der Waals surface area contributed by atoms with E-state index in [0.29, 0.717) is 42.0 Å². The molecule has 3 aromatic rings. The van der Waals surface area contributed by atoms with Crippen molar-refractivity contribution in [2.45, 2.75) is 20.1 Å². The lowest BCUT2D eigenvalue weighted by molar-refractivity contribution is -0.117. The van der Waals surface area contributed by atoms with Gasteiger partial charge in [-0.05, 0) is 42.9 Å². The molecular weight excluding hydrogens is 391 g/mol. The van der Waals surface area contributed by atoms with Crippen LogP contribution in [0, 0.1) is 5.82 Å². The van der Waals surface area contributed by atoms with Gasteiger partial charge in [0, 0.05) is 11.8 Å². The zero-order chi connectivity index (χ0) is 21.3. The number of hydrogen-bond acceptors (Lipinski definition) is 7. The molecule has 2 aromatic carbocycles. The zero-order valence-corrected chi connectivity index (χ0v) is 16.8. The molecule has 0 atom stereocenters. The normalized spacial score (nSPS) is 10.8. The smallest absolute Gasteiger partial charge is 0.240 e. The van der Waals surface area contributed by atoms with E-state index < -0.39 is 0 Å². The van der Waals surface area contributed by atoms with Gasteiger partial charge in [-0.2, -0.15) is 4.98 Å². The summed E-state index contributed by atoms with van der Waals surface area (Å²) in [6, 6.07) is 12.8. The SMILES string of the molecule is CCN(CC(=O)Nc1cccc(OC)c1)Cc1nc(COc2ccc(F)cc2)no1. The Kier molecular flexibility index (Phi) is 7.34. The van der Waals surface area contributed by atoms with Crippen molar-refractivity contribution in [2.75, 3.05) is 25.5 Å². The van der Waals surface area contributed by atoms with E-state index in [1.54, 1.807) is 31.4 Å². The molecule has 30 heavy (non-hydrogen) atoms. The minimum absolute atomic E-state index is 0.0948. The first-order valence-electron chi connectivity index (χ1n) is 9.41. The summed E-state index contributed by atoms with van der Waals surface area (Å²) in [6.45, 7) is 3.14. The monoisotopic (exact) mass is 414 g/mol. The lowest BCUT2D eigenvalue weighted by Crippen LogP contribution is -2.32. The van der Waals surface area contributed by atoms with Gasteiger partial charge in [0.25, 0.3) is 0 Å². The predicted molar refractivity (Wildman–Crippen MR) is 108 cm³/mol. The van der Waals surface area contributed by atoms with Gasteiger partial charge in [0.1, 0.15) is 17.3 Å². The number of rotatable bonds is 10. The highest BCUT2D eigenvalue weighted by atomic mass is 19.1. The average Bonchev–Trinajstić information content (AvgIpc) is 3.20. The number of methoxy groups -OCH3 is 1. The summed E-state index contributed by atoms with van der Waals surface area (Å²) in [5, 5.41) is 6.72. The summed E-state index contributed by atoms with van der Waals surface area (Å²) in [5.41, 5.74) is 0.661. The molecule has 1 aromatic heterocycles. The maximum absolute atomic E-state index is 12.9. The van der Waals surface area contributed by atoms with Crippen molar-refractivity contribution in [1.29, 1.82) is 0 Å². The third kappa shape index (κ3) is 6.28. The number of ether oxygens (including phenoxy) is 2. The molecule has 8 nitrogen and oxygen atoms in total. The summed E-state index contributed by atoms with van der Waals surface area (Å²) in [5.74, 6) is 1.42. The molecule has 1 amide bonds. The van der Waals surface area contributed by atoms with Gasteiger partial charge in [-0.25, -0.2) is 4.39 Å². The Morgan fingerprint density at radius 1 is 1.20 bits per heavy atom. The van der Waals surface area contributed by atoms with E-state index in [1.165, 1.54) is 24.3 Å². The third-order valence-electron chi connectivity index (χ3n) is 4.22. The summed E-state index contributed by atoms with van der Waals surface area (Å²) in [4.78, 5) is 18.5. The van der Waals surface area contributed by atoms with E-state index in [0.717, 1.165) is 0 Å². The number of benzene rings is 2. The van der Waals surface area contributed by atoms with Gasteiger partial charge < -0.3 is 19.3 Å². The Morgan fingerprint density at radius 3 is 2.73 bits per heavy atom. The van der Waals surface area contributed by atoms with Crippen LogP contribution in [0.5, 0.6) is 11.5 Å². The Hall–Kier alpha value is -3.46. The highest BCUT2D eigenvalue weighted by molar-refractivity contribution is 5.92. The van der Waals surface area contributed by atoms with E-state index in [2.05, 4.69) is 15.5 Å². The molecule has 0 unspecified atom stereocenters. The first kappa shape index (κ1) is 21.3. The molecule has 0 bridgehead atoms. The molecule has 9 heteroatoms. The zero-order valence-electron chi connectivity index (χ0n) is 16.8. The van der Waals surface area contributed by atoms with Crippen LogP contribution in [0.2, 0.25) is 0 Å². The molecule has 1 N–H and O–H groups in total. The Labute approximate surface area is 173 Å². The first-order valence-corrected chi connectivity index (χ1v) is 9.41. The highest BCUT2D eigenvalue weighted by Gasteiger charge is 2.15. The molecule has 0 fully saturated rings. The van der Waals surface area contributed by atoms with Gasteiger partial charge in [-0.3, -0.25) is 9.69 Å². The number of aromatic nitrogens is 2. The van der Waals surface area contributed by atoms with Gasteiger partial charge in [0.05, 0.1) is 20.2 Å². The minimum Gasteiger partial charge on any atom is -0.497 e. The highest BCUT2D eigenvalue weighted by Crippen LogP contribution is 2.17. The predicted octanol–water partition coefficient (Wildman–Crippen LogP) is 3.26. The molecule has 0 radical (unpaired) electrons. The van der Waals surface area contributed by atoms with Crippen molar-refractivity contribution in [1.82, 2.24) is 15.0 Å². The van der Waals surface area contributed by atoms with Crippen LogP contribution in [-0.2, 0) is 17.9 Å². The largest absolute Gasteiger partial charge is 0.497 e.